The number of fused-ring (bicyclic) bond motifs is 1. The lowest BCUT2D eigenvalue weighted by Crippen LogP contribution is -2.04. The van der Waals surface area contributed by atoms with Crippen molar-refractivity contribution in [3.8, 4) is 5.82 Å². The standard InChI is InChI=1S/C19H16N4/c1-14-7-9-15(10-8-14)13-18-22-16-5-4-12-21-19(16)23(18)17-6-2-3-11-20-17/h2-12H,13H2,1H3. The Kier molecular flexibility index (Phi) is 3.35. The molecule has 3 aromatic heterocycles. The van der Waals surface area contributed by atoms with E-state index >= 15 is 0 Å². The molecule has 0 fully saturated rings. The summed E-state index contributed by atoms with van der Waals surface area (Å²) in [5.74, 6) is 1.79. The Morgan fingerprint density at radius 1 is 0.870 bits per heavy atom. The molecule has 0 bridgehead atoms. The number of benzene rings is 1. The fourth-order valence-corrected chi connectivity index (χ4v) is 2.69. The summed E-state index contributed by atoms with van der Waals surface area (Å²) in [7, 11) is 0. The fourth-order valence-electron chi connectivity index (χ4n) is 2.69. The molecule has 4 rings (SSSR count). The van der Waals surface area contributed by atoms with Crippen molar-refractivity contribution >= 4 is 11.2 Å². The Labute approximate surface area is 134 Å². The molecule has 0 saturated heterocycles. The molecule has 0 unspecified atom stereocenters. The molecular formula is C19H16N4. The quantitative estimate of drug-likeness (QED) is 0.579. The highest BCUT2D eigenvalue weighted by Gasteiger charge is 2.14. The van der Waals surface area contributed by atoms with Crippen molar-refractivity contribution in [1.82, 2.24) is 19.5 Å². The Hall–Kier alpha value is -3.01. The van der Waals surface area contributed by atoms with E-state index in [-0.39, 0.29) is 0 Å². The first-order valence-corrected chi connectivity index (χ1v) is 7.60. The van der Waals surface area contributed by atoms with Crippen LogP contribution in [0.3, 0.4) is 0 Å². The molecule has 4 nitrogen and oxygen atoms in total. The molecular weight excluding hydrogens is 284 g/mol. The number of rotatable bonds is 3. The van der Waals surface area contributed by atoms with E-state index in [2.05, 4.69) is 41.2 Å². The zero-order chi connectivity index (χ0) is 15.6. The monoisotopic (exact) mass is 300 g/mol. The smallest absolute Gasteiger partial charge is 0.165 e. The number of imidazole rings is 1. The highest BCUT2D eigenvalue weighted by atomic mass is 15.2. The lowest BCUT2D eigenvalue weighted by Gasteiger charge is -2.08. The van der Waals surface area contributed by atoms with Gasteiger partial charge in [0.15, 0.2) is 5.65 Å². The second kappa shape index (κ2) is 5.65. The van der Waals surface area contributed by atoms with Gasteiger partial charge in [0, 0.05) is 18.8 Å². The van der Waals surface area contributed by atoms with E-state index in [0.717, 1.165) is 29.2 Å². The predicted octanol–water partition coefficient (Wildman–Crippen LogP) is 3.71. The van der Waals surface area contributed by atoms with Gasteiger partial charge in [0.1, 0.15) is 17.2 Å². The highest BCUT2D eigenvalue weighted by molar-refractivity contribution is 5.73. The Morgan fingerprint density at radius 3 is 2.48 bits per heavy atom. The van der Waals surface area contributed by atoms with E-state index in [4.69, 9.17) is 4.98 Å². The predicted molar refractivity (Wildman–Crippen MR) is 90.6 cm³/mol. The number of nitrogens with zero attached hydrogens (tertiary/aromatic N) is 4. The minimum atomic E-state index is 0.743. The van der Waals surface area contributed by atoms with E-state index in [1.165, 1.54) is 11.1 Å². The molecule has 0 aliphatic rings. The zero-order valence-electron chi connectivity index (χ0n) is 12.8. The fraction of sp³-hybridized carbons (Fsp3) is 0.105. The van der Waals surface area contributed by atoms with Crippen LogP contribution in [0, 0.1) is 6.92 Å². The molecule has 0 amide bonds. The van der Waals surface area contributed by atoms with Crippen molar-refractivity contribution in [2.45, 2.75) is 13.3 Å². The second-order valence-corrected chi connectivity index (χ2v) is 5.56. The van der Waals surface area contributed by atoms with Crippen molar-refractivity contribution in [2.24, 2.45) is 0 Å². The number of aryl methyl sites for hydroxylation is 1. The topological polar surface area (TPSA) is 43.6 Å². The summed E-state index contributed by atoms with van der Waals surface area (Å²) in [6, 6.07) is 18.3. The first-order chi connectivity index (χ1) is 11.3. The van der Waals surface area contributed by atoms with Crippen LogP contribution in [0.2, 0.25) is 0 Å². The van der Waals surface area contributed by atoms with Gasteiger partial charge in [-0.25, -0.2) is 15.0 Å². The molecule has 0 N–H and O–H groups in total. The minimum Gasteiger partial charge on any atom is -0.264 e. The number of aromatic nitrogens is 4. The van der Waals surface area contributed by atoms with Gasteiger partial charge in [-0.1, -0.05) is 35.9 Å². The maximum absolute atomic E-state index is 4.77. The van der Waals surface area contributed by atoms with Crippen LogP contribution < -0.4 is 0 Å². The first-order valence-electron chi connectivity index (χ1n) is 7.60. The molecule has 112 valence electrons. The Bertz CT molecular complexity index is 940. The van der Waals surface area contributed by atoms with Gasteiger partial charge in [-0.05, 0) is 36.8 Å². The average molecular weight is 300 g/mol. The molecule has 0 aliphatic heterocycles. The zero-order valence-corrected chi connectivity index (χ0v) is 12.8. The molecule has 0 aliphatic carbocycles. The van der Waals surface area contributed by atoms with Crippen LogP contribution >= 0.6 is 0 Å². The minimum absolute atomic E-state index is 0.743. The van der Waals surface area contributed by atoms with E-state index in [9.17, 15) is 0 Å². The van der Waals surface area contributed by atoms with Crippen LogP contribution in [0.25, 0.3) is 17.0 Å². The van der Waals surface area contributed by atoms with Gasteiger partial charge < -0.3 is 0 Å². The third kappa shape index (κ3) is 2.59. The van der Waals surface area contributed by atoms with E-state index in [0.29, 0.717) is 0 Å². The summed E-state index contributed by atoms with van der Waals surface area (Å²) in [5.41, 5.74) is 4.21. The summed E-state index contributed by atoms with van der Waals surface area (Å²) < 4.78 is 2.04. The van der Waals surface area contributed by atoms with Crippen molar-refractivity contribution < 1.29 is 0 Å². The summed E-state index contributed by atoms with van der Waals surface area (Å²) >= 11 is 0. The van der Waals surface area contributed by atoms with Crippen molar-refractivity contribution in [3.05, 3.63) is 83.9 Å². The molecule has 0 radical (unpaired) electrons. The lowest BCUT2D eigenvalue weighted by atomic mass is 10.1. The van der Waals surface area contributed by atoms with E-state index in [1.54, 1.807) is 12.4 Å². The summed E-state index contributed by atoms with van der Waals surface area (Å²) in [5, 5.41) is 0. The summed E-state index contributed by atoms with van der Waals surface area (Å²) in [6.45, 7) is 2.09. The van der Waals surface area contributed by atoms with Crippen LogP contribution in [-0.4, -0.2) is 19.5 Å². The molecule has 0 spiro atoms. The van der Waals surface area contributed by atoms with Gasteiger partial charge in [0.2, 0.25) is 0 Å². The summed E-state index contributed by atoms with van der Waals surface area (Å²) in [6.07, 6.45) is 4.33. The van der Waals surface area contributed by atoms with Gasteiger partial charge in [-0.3, -0.25) is 4.57 Å². The second-order valence-electron chi connectivity index (χ2n) is 5.56. The van der Waals surface area contributed by atoms with Gasteiger partial charge in [-0.15, -0.1) is 0 Å². The van der Waals surface area contributed by atoms with Crippen LogP contribution in [0.15, 0.2) is 67.0 Å². The lowest BCUT2D eigenvalue weighted by molar-refractivity contribution is 0.897. The number of pyridine rings is 2. The molecule has 1 aromatic carbocycles. The first kappa shape index (κ1) is 13.6. The molecule has 4 aromatic rings. The molecule has 4 heteroatoms. The van der Waals surface area contributed by atoms with Gasteiger partial charge >= 0.3 is 0 Å². The van der Waals surface area contributed by atoms with Crippen molar-refractivity contribution in [2.75, 3.05) is 0 Å². The molecule has 0 saturated carbocycles. The maximum atomic E-state index is 4.77. The van der Waals surface area contributed by atoms with Gasteiger partial charge in [-0.2, -0.15) is 0 Å². The van der Waals surface area contributed by atoms with E-state index in [1.807, 2.05) is 34.9 Å². The summed E-state index contributed by atoms with van der Waals surface area (Å²) in [4.78, 5) is 13.7. The molecule has 3 heterocycles. The van der Waals surface area contributed by atoms with Crippen molar-refractivity contribution in [1.29, 1.82) is 0 Å². The third-order valence-corrected chi connectivity index (χ3v) is 3.85. The third-order valence-electron chi connectivity index (χ3n) is 3.85. The largest absolute Gasteiger partial charge is 0.264 e. The highest BCUT2D eigenvalue weighted by Crippen LogP contribution is 2.20. The van der Waals surface area contributed by atoms with Gasteiger partial charge in [0.05, 0.1) is 0 Å². The Balaban J connectivity index is 1.87. The van der Waals surface area contributed by atoms with Crippen LogP contribution in [-0.2, 0) is 6.42 Å². The van der Waals surface area contributed by atoms with Crippen LogP contribution in [0.4, 0.5) is 0 Å². The molecule has 23 heavy (non-hydrogen) atoms. The number of hydrogen-bond donors (Lipinski definition) is 0. The maximum Gasteiger partial charge on any atom is 0.165 e. The Morgan fingerprint density at radius 2 is 1.70 bits per heavy atom. The van der Waals surface area contributed by atoms with Crippen LogP contribution in [0.5, 0.6) is 0 Å². The van der Waals surface area contributed by atoms with Crippen LogP contribution in [0.1, 0.15) is 17.0 Å². The van der Waals surface area contributed by atoms with E-state index < -0.39 is 0 Å². The normalized spacial score (nSPS) is 11.0. The van der Waals surface area contributed by atoms with Crippen molar-refractivity contribution in [3.63, 3.8) is 0 Å². The number of hydrogen-bond acceptors (Lipinski definition) is 3. The molecule has 0 atom stereocenters. The average Bonchev–Trinajstić information content (AvgIpc) is 2.95. The SMILES string of the molecule is Cc1ccc(Cc2nc3cccnc3n2-c2ccccn2)cc1. The van der Waals surface area contributed by atoms with Gasteiger partial charge in [0.25, 0.3) is 0 Å².